The molecule has 7 heteroatoms. The SMILES string of the molecule is C[C@@H]1CNCCN1C(=O)CCc1ccc(S(=O)(=O)N2CCCC2)cc1. The van der Waals surface area contributed by atoms with Crippen molar-refractivity contribution in [1.29, 1.82) is 0 Å². The molecule has 1 amide bonds. The summed E-state index contributed by atoms with van der Waals surface area (Å²) in [6.07, 6.45) is 2.97. The molecule has 0 unspecified atom stereocenters. The highest BCUT2D eigenvalue weighted by Gasteiger charge is 2.27. The number of benzene rings is 1. The lowest BCUT2D eigenvalue weighted by Gasteiger charge is -2.34. The molecule has 0 spiro atoms. The molecule has 3 rings (SSSR count). The first-order chi connectivity index (χ1) is 12.0. The number of hydrogen-bond acceptors (Lipinski definition) is 4. The Labute approximate surface area is 150 Å². The van der Waals surface area contributed by atoms with E-state index in [1.807, 2.05) is 17.0 Å². The van der Waals surface area contributed by atoms with Gasteiger partial charge in [0.25, 0.3) is 0 Å². The summed E-state index contributed by atoms with van der Waals surface area (Å²) >= 11 is 0. The molecule has 1 aromatic carbocycles. The van der Waals surface area contributed by atoms with Crippen LogP contribution in [0.1, 0.15) is 31.7 Å². The van der Waals surface area contributed by atoms with Crippen LogP contribution in [0.3, 0.4) is 0 Å². The lowest BCUT2D eigenvalue weighted by atomic mass is 10.1. The zero-order chi connectivity index (χ0) is 17.9. The van der Waals surface area contributed by atoms with Crippen LogP contribution in [0.4, 0.5) is 0 Å². The molecule has 2 saturated heterocycles. The van der Waals surface area contributed by atoms with Gasteiger partial charge in [-0.2, -0.15) is 4.31 Å². The molecule has 0 aliphatic carbocycles. The number of hydrogen-bond donors (Lipinski definition) is 1. The van der Waals surface area contributed by atoms with Gasteiger partial charge in [-0.15, -0.1) is 0 Å². The average molecular weight is 365 g/mol. The number of nitrogens with one attached hydrogen (secondary N) is 1. The number of piperazine rings is 1. The summed E-state index contributed by atoms with van der Waals surface area (Å²) in [6.45, 7) is 5.73. The molecule has 1 aromatic rings. The second-order valence-electron chi connectivity index (χ2n) is 6.90. The van der Waals surface area contributed by atoms with Gasteiger partial charge in [-0.1, -0.05) is 12.1 Å². The molecule has 1 atom stereocenters. The smallest absolute Gasteiger partial charge is 0.243 e. The predicted octanol–water partition coefficient (Wildman–Crippen LogP) is 1.22. The van der Waals surface area contributed by atoms with Crippen LogP contribution < -0.4 is 5.32 Å². The van der Waals surface area contributed by atoms with Crippen LogP contribution in [0.25, 0.3) is 0 Å². The number of carbonyl (C=O) groups excluding carboxylic acids is 1. The van der Waals surface area contributed by atoms with Crippen LogP contribution in [-0.4, -0.2) is 62.3 Å². The molecule has 25 heavy (non-hydrogen) atoms. The maximum atomic E-state index is 12.5. The molecule has 1 N–H and O–H groups in total. The highest BCUT2D eigenvalue weighted by molar-refractivity contribution is 7.89. The van der Waals surface area contributed by atoms with Gasteiger partial charge in [-0.25, -0.2) is 8.42 Å². The summed E-state index contributed by atoms with van der Waals surface area (Å²) in [5.41, 5.74) is 0.997. The molecular weight excluding hydrogens is 338 g/mol. The summed E-state index contributed by atoms with van der Waals surface area (Å²) in [7, 11) is -3.36. The standard InChI is InChI=1S/C18H27N3O3S/c1-15-14-19-10-13-21(15)18(22)9-6-16-4-7-17(8-5-16)25(23,24)20-11-2-3-12-20/h4-5,7-8,15,19H,2-3,6,9-14H2,1H3/t15-/m1/s1. The van der Waals surface area contributed by atoms with E-state index >= 15 is 0 Å². The average Bonchev–Trinajstić information content (AvgIpc) is 3.16. The number of sulfonamides is 1. The first-order valence-corrected chi connectivity index (χ1v) is 10.5. The van der Waals surface area contributed by atoms with Crippen molar-refractivity contribution >= 4 is 15.9 Å². The van der Waals surface area contributed by atoms with E-state index in [1.165, 1.54) is 0 Å². The van der Waals surface area contributed by atoms with Gasteiger partial charge in [0.05, 0.1) is 4.90 Å². The monoisotopic (exact) mass is 365 g/mol. The Balaban J connectivity index is 1.58. The lowest BCUT2D eigenvalue weighted by molar-refractivity contribution is -0.133. The summed E-state index contributed by atoms with van der Waals surface area (Å²) in [5, 5.41) is 3.28. The third-order valence-electron chi connectivity index (χ3n) is 5.08. The summed E-state index contributed by atoms with van der Waals surface area (Å²) in [6, 6.07) is 7.23. The third-order valence-corrected chi connectivity index (χ3v) is 6.99. The summed E-state index contributed by atoms with van der Waals surface area (Å²) in [4.78, 5) is 14.7. The molecule has 0 aromatic heterocycles. The predicted molar refractivity (Wildman–Crippen MR) is 96.8 cm³/mol. The molecule has 0 bridgehead atoms. The maximum absolute atomic E-state index is 12.5. The Morgan fingerprint density at radius 3 is 2.48 bits per heavy atom. The quantitative estimate of drug-likeness (QED) is 0.852. The normalized spacial score (nSPS) is 22.3. The van der Waals surface area contributed by atoms with Crippen molar-refractivity contribution in [2.45, 2.75) is 43.5 Å². The van der Waals surface area contributed by atoms with Crippen LogP contribution in [0.5, 0.6) is 0 Å². The van der Waals surface area contributed by atoms with Gasteiger partial charge < -0.3 is 10.2 Å². The van der Waals surface area contributed by atoms with E-state index in [0.717, 1.165) is 38.0 Å². The first kappa shape index (κ1) is 18.4. The Morgan fingerprint density at radius 2 is 1.84 bits per heavy atom. The zero-order valence-corrected chi connectivity index (χ0v) is 15.6. The molecular formula is C18H27N3O3S. The fourth-order valence-electron chi connectivity index (χ4n) is 3.51. The van der Waals surface area contributed by atoms with Crippen LogP contribution in [0.2, 0.25) is 0 Å². The van der Waals surface area contributed by atoms with Crippen LogP contribution >= 0.6 is 0 Å². The van der Waals surface area contributed by atoms with E-state index < -0.39 is 10.0 Å². The fraction of sp³-hybridized carbons (Fsp3) is 0.611. The topological polar surface area (TPSA) is 69.7 Å². The van der Waals surface area contributed by atoms with E-state index in [1.54, 1.807) is 16.4 Å². The number of amides is 1. The van der Waals surface area contributed by atoms with E-state index in [4.69, 9.17) is 0 Å². The Kier molecular flexibility index (Phi) is 5.76. The van der Waals surface area contributed by atoms with Crippen LogP contribution in [0, 0.1) is 0 Å². The summed E-state index contributed by atoms with van der Waals surface area (Å²) < 4.78 is 26.6. The second kappa shape index (κ2) is 7.85. The molecule has 2 heterocycles. The first-order valence-electron chi connectivity index (χ1n) is 9.08. The minimum Gasteiger partial charge on any atom is -0.337 e. The van der Waals surface area contributed by atoms with Gasteiger partial charge in [-0.3, -0.25) is 4.79 Å². The van der Waals surface area contributed by atoms with Crippen molar-refractivity contribution in [3.63, 3.8) is 0 Å². The van der Waals surface area contributed by atoms with Crippen molar-refractivity contribution in [2.24, 2.45) is 0 Å². The maximum Gasteiger partial charge on any atom is 0.243 e. The largest absolute Gasteiger partial charge is 0.337 e. The molecule has 2 aliphatic heterocycles. The summed E-state index contributed by atoms with van der Waals surface area (Å²) in [5.74, 6) is 0.169. The van der Waals surface area contributed by atoms with Gasteiger partial charge in [0.15, 0.2) is 0 Å². The van der Waals surface area contributed by atoms with E-state index in [2.05, 4.69) is 12.2 Å². The van der Waals surface area contributed by atoms with Crippen molar-refractivity contribution in [3.05, 3.63) is 29.8 Å². The van der Waals surface area contributed by atoms with Gasteiger partial charge in [-0.05, 0) is 43.9 Å². The minimum absolute atomic E-state index is 0.169. The van der Waals surface area contributed by atoms with Crippen molar-refractivity contribution in [2.75, 3.05) is 32.7 Å². The van der Waals surface area contributed by atoms with Crippen LogP contribution in [0.15, 0.2) is 29.2 Å². The number of aryl methyl sites for hydroxylation is 1. The van der Waals surface area contributed by atoms with Gasteiger partial charge in [0, 0.05) is 45.2 Å². The molecule has 2 aliphatic rings. The Hall–Kier alpha value is -1.44. The number of nitrogens with zero attached hydrogens (tertiary/aromatic N) is 2. The molecule has 6 nitrogen and oxygen atoms in total. The zero-order valence-electron chi connectivity index (χ0n) is 14.8. The Bertz CT molecular complexity index is 697. The van der Waals surface area contributed by atoms with Gasteiger partial charge in [0.2, 0.25) is 15.9 Å². The molecule has 0 radical (unpaired) electrons. The fourth-order valence-corrected chi connectivity index (χ4v) is 5.03. The molecule has 0 saturated carbocycles. The van der Waals surface area contributed by atoms with Crippen molar-refractivity contribution in [3.8, 4) is 0 Å². The van der Waals surface area contributed by atoms with E-state index in [-0.39, 0.29) is 11.9 Å². The molecule has 138 valence electrons. The van der Waals surface area contributed by atoms with Gasteiger partial charge in [0.1, 0.15) is 0 Å². The highest BCUT2D eigenvalue weighted by atomic mass is 32.2. The van der Waals surface area contributed by atoms with Crippen LogP contribution in [-0.2, 0) is 21.2 Å². The van der Waals surface area contributed by atoms with E-state index in [9.17, 15) is 13.2 Å². The highest BCUT2D eigenvalue weighted by Crippen LogP contribution is 2.21. The lowest BCUT2D eigenvalue weighted by Crippen LogP contribution is -2.52. The Morgan fingerprint density at radius 1 is 1.16 bits per heavy atom. The second-order valence-corrected chi connectivity index (χ2v) is 8.83. The van der Waals surface area contributed by atoms with Gasteiger partial charge >= 0.3 is 0 Å². The molecule has 2 fully saturated rings. The van der Waals surface area contributed by atoms with E-state index in [0.29, 0.717) is 30.8 Å². The number of carbonyl (C=O) groups is 1. The third kappa shape index (κ3) is 4.22. The number of rotatable bonds is 5. The van der Waals surface area contributed by atoms with Crippen molar-refractivity contribution < 1.29 is 13.2 Å². The van der Waals surface area contributed by atoms with Crippen molar-refractivity contribution in [1.82, 2.24) is 14.5 Å². The minimum atomic E-state index is -3.36.